The lowest BCUT2D eigenvalue weighted by Crippen LogP contribution is -2.48. The second-order valence-corrected chi connectivity index (χ2v) is 7.20. The number of aryl methyl sites for hydroxylation is 1. The number of aromatic nitrogens is 1. The Balaban J connectivity index is 1.46. The van der Waals surface area contributed by atoms with Gasteiger partial charge in [-0.1, -0.05) is 6.92 Å². The summed E-state index contributed by atoms with van der Waals surface area (Å²) in [5, 5.41) is 3.88. The van der Waals surface area contributed by atoms with Gasteiger partial charge in [0.1, 0.15) is 5.75 Å². The molecule has 0 atom stereocenters. The van der Waals surface area contributed by atoms with E-state index in [1.807, 2.05) is 24.3 Å². The van der Waals surface area contributed by atoms with Crippen LogP contribution in [0.4, 0.5) is 0 Å². The summed E-state index contributed by atoms with van der Waals surface area (Å²) in [6.07, 6.45) is 0.728. The minimum atomic E-state index is -0.140. The molecule has 0 spiro atoms. The van der Waals surface area contributed by atoms with E-state index in [0.29, 0.717) is 24.9 Å². The summed E-state index contributed by atoms with van der Waals surface area (Å²) < 4.78 is 5.23. The summed E-state index contributed by atoms with van der Waals surface area (Å²) in [5.41, 5.74) is 1.24. The Morgan fingerprint density at radius 2 is 1.93 bits per heavy atom. The number of aromatic amines is 1. The highest BCUT2D eigenvalue weighted by Crippen LogP contribution is 2.19. The summed E-state index contributed by atoms with van der Waals surface area (Å²) >= 11 is 0. The van der Waals surface area contributed by atoms with Crippen molar-refractivity contribution in [2.75, 3.05) is 52.9 Å². The number of nitrogens with zero attached hydrogens (tertiary/aromatic N) is 2. The van der Waals surface area contributed by atoms with Gasteiger partial charge in [-0.05, 0) is 37.2 Å². The molecule has 2 heterocycles. The van der Waals surface area contributed by atoms with Crippen LogP contribution in [0.25, 0.3) is 10.9 Å². The van der Waals surface area contributed by atoms with Crippen molar-refractivity contribution in [2.45, 2.75) is 19.8 Å². The number of ether oxygens (including phenoxy) is 1. The van der Waals surface area contributed by atoms with Crippen LogP contribution in [-0.2, 0) is 11.2 Å². The van der Waals surface area contributed by atoms with Crippen LogP contribution in [-0.4, -0.2) is 73.6 Å². The smallest absolute Gasteiger partial charge is 0.251 e. The van der Waals surface area contributed by atoms with Crippen LogP contribution in [0.2, 0.25) is 0 Å². The predicted molar refractivity (Wildman–Crippen MR) is 111 cm³/mol. The maximum absolute atomic E-state index is 12.2. The number of carbonyl (C=O) groups excluding carboxylic acids is 1. The molecule has 1 saturated heterocycles. The second-order valence-electron chi connectivity index (χ2n) is 7.20. The number of hydrogen-bond donors (Lipinski definition) is 2. The third-order valence-corrected chi connectivity index (χ3v) is 5.41. The third-order valence-electron chi connectivity index (χ3n) is 5.41. The van der Waals surface area contributed by atoms with E-state index >= 15 is 0 Å². The van der Waals surface area contributed by atoms with Gasteiger partial charge < -0.3 is 19.9 Å². The number of carbonyl (C=O) groups is 1. The number of piperazine rings is 1. The molecular weight excluding hydrogens is 356 g/mol. The van der Waals surface area contributed by atoms with Crippen LogP contribution in [0.3, 0.4) is 0 Å². The summed E-state index contributed by atoms with van der Waals surface area (Å²) in [6.45, 7) is 9.12. The zero-order valence-corrected chi connectivity index (χ0v) is 16.8. The number of fused-ring (bicyclic) bond motifs is 1. The van der Waals surface area contributed by atoms with Crippen molar-refractivity contribution < 1.29 is 9.53 Å². The van der Waals surface area contributed by atoms with E-state index in [9.17, 15) is 9.59 Å². The van der Waals surface area contributed by atoms with E-state index in [1.165, 1.54) is 0 Å². The normalized spacial score (nSPS) is 15.6. The molecule has 1 aliphatic rings. The van der Waals surface area contributed by atoms with Gasteiger partial charge in [0.15, 0.2) is 0 Å². The van der Waals surface area contributed by atoms with Gasteiger partial charge in [-0.2, -0.15) is 0 Å². The molecule has 3 rings (SSSR count). The lowest BCUT2D eigenvalue weighted by molar-refractivity contribution is -0.121. The number of methoxy groups -OCH3 is 1. The zero-order valence-electron chi connectivity index (χ0n) is 16.8. The molecule has 0 unspecified atom stereocenters. The van der Waals surface area contributed by atoms with Crippen molar-refractivity contribution in [3.05, 3.63) is 40.2 Å². The van der Waals surface area contributed by atoms with Crippen LogP contribution in [0.1, 0.15) is 18.9 Å². The van der Waals surface area contributed by atoms with Gasteiger partial charge in [0.25, 0.3) is 5.56 Å². The van der Waals surface area contributed by atoms with Crippen molar-refractivity contribution in [1.29, 1.82) is 0 Å². The van der Waals surface area contributed by atoms with Crippen molar-refractivity contribution >= 4 is 16.8 Å². The largest absolute Gasteiger partial charge is 0.497 e. The molecule has 152 valence electrons. The Kier molecular flexibility index (Phi) is 7.06. The second kappa shape index (κ2) is 9.71. The summed E-state index contributed by atoms with van der Waals surface area (Å²) in [5.74, 6) is 0.723. The van der Waals surface area contributed by atoms with Gasteiger partial charge in [0.05, 0.1) is 7.11 Å². The molecule has 7 nitrogen and oxygen atoms in total. The van der Waals surface area contributed by atoms with Crippen LogP contribution < -0.4 is 15.6 Å². The predicted octanol–water partition coefficient (Wildman–Crippen LogP) is 1.22. The maximum atomic E-state index is 12.2. The highest BCUT2D eigenvalue weighted by molar-refractivity contribution is 5.81. The quantitative estimate of drug-likeness (QED) is 0.713. The highest BCUT2D eigenvalue weighted by atomic mass is 16.5. The summed E-state index contributed by atoms with van der Waals surface area (Å²) in [4.78, 5) is 32.1. The zero-order chi connectivity index (χ0) is 19.9. The molecule has 1 fully saturated rings. The molecule has 1 aliphatic heterocycles. The molecule has 0 radical (unpaired) electrons. The Morgan fingerprint density at radius 1 is 1.18 bits per heavy atom. The minimum absolute atomic E-state index is 0.0164. The van der Waals surface area contributed by atoms with E-state index < -0.39 is 0 Å². The van der Waals surface area contributed by atoms with Gasteiger partial charge in [0.2, 0.25) is 5.91 Å². The average Bonchev–Trinajstić information content (AvgIpc) is 2.72. The lowest BCUT2D eigenvalue weighted by Gasteiger charge is -2.33. The molecule has 0 saturated carbocycles. The molecule has 1 amide bonds. The maximum Gasteiger partial charge on any atom is 0.251 e. The van der Waals surface area contributed by atoms with Gasteiger partial charge in [0, 0.05) is 62.2 Å². The van der Waals surface area contributed by atoms with Gasteiger partial charge in [-0.3, -0.25) is 14.5 Å². The van der Waals surface area contributed by atoms with Gasteiger partial charge in [-0.25, -0.2) is 0 Å². The SMILES string of the molecule is CCN1CCN(CCNC(=O)CCc2cc3cc(OC)ccc3[nH]c2=O)CC1. The Labute approximate surface area is 165 Å². The van der Waals surface area contributed by atoms with Gasteiger partial charge >= 0.3 is 0 Å². The van der Waals surface area contributed by atoms with E-state index in [4.69, 9.17) is 4.74 Å². The number of rotatable bonds is 8. The van der Waals surface area contributed by atoms with Crippen LogP contribution in [0.5, 0.6) is 5.75 Å². The first-order valence-corrected chi connectivity index (χ1v) is 10.0. The fraction of sp³-hybridized carbons (Fsp3) is 0.524. The monoisotopic (exact) mass is 386 g/mol. The molecular formula is C21H30N4O3. The standard InChI is InChI=1S/C21H30N4O3/c1-3-24-10-12-25(13-11-24)9-8-22-20(26)7-4-16-14-17-15-18(28-2)5-6-19(17)23-21(16)27/h5-6,14-15H,3-4,7-13H2,1-2H3,(H,22,26)(H,23,27). The molecule has 1 aromatic carbocycles. The molecule has 2 N–H and O–H groups in total. The number of amides is 1. The number of hydrogen-bond acceptors (Lipinski definition) is 5. The first-order valence-electron chi connectivity index (χ1n) is 10.0. The van der Waals surface area contributed by atoms with E-state index in [1.54, 1.807) is 7.11 Å². The number of likely N-dealkylation sites (N-methyl/N-ethyl adjacent to an activating group) is 1. The van der Waals surface area contributed by atoms with E-state index in [0.717, 1.165) is 55.9 Å². The molecule has 2 aromatic rings. The molecule has 0 aliphatic carbocycles. The fourth-order valence-electron chi connectivity index (χ4n) is 3.56. The highest BCUT2D eigenvalue weighted by Gasteiger charge is 2.15. The number of nitrogens with one attached hydrogen (secondary N) is 2. The van der Waals surface area contributed by atoms with Crippen LogP contribution in [0, 0.1) is 0 Å². The van der Waals surface area contributed by atoms with Crippen molar-refractivity contribution in [3.63, 3.8) is 0 Å². The minimum Gasteiger partial charge on any atom is -0.497 e. The Hall–Kier alpha value is -2.38. The molecule has 28 heavy (non-hydrogen) atoms. The lowest BCUT2D eigenvalue weighted by atomic mass is 10.1. The van der Waals surface area contributed by atoms with Crippen molar-refractivity contribution in [2.24, 2.45) is 0 Å². The van der Waals surface area contributed by atoms with Crippen molar-refractivity contribution in [3.8, 4) is 5.75 Å². The first kappa shape index (κ1) is 20.4. The number of H-pyrrole nitrogens is 1. The molecule has 1 aromatic heterocycles. The number of benzene rings is 1. The fourth-order valence-corrected chi connectivity index (χ4v) is 3.56. The summed E-state index contributed by atoms with van der Waals surface area (Å²) in [6, 6.07) is 7.37. The Morgan fingerprint density at radius 3 is 2.64 bits per heavy atom. The number of pyridine rings is 1. The van der Waals surface area contributed by atoms with E-state index in [-0.39, 0.29) is 11.5 Å². The Bertz CT molecular complexity index is 856. The van der Waals surface area contributed by atoms with Gasteiger partial charge in [-0.15, -0.1) is 0 Å². The van der Waals surface area contributed by atoms with Crippen LogP contribution in [0.15, 0.2) is 29.1 Å². The van der Waals surface area contributed by atoms with Crippen molar-refractivity contribution in [1.82, 2.24) is 20.1 Å². The first-order chi connectivity index (χ1) is 13.6. The molecule has 0 bridgehead atoms. The average molecular weight is 386 g/mol. The van der Waals surface area contributed by atoms with Crippen LogP contribution >= 0.6 is 0 Å². The van der Waals surface area contributed by atoms with E-state index in [2.05, 4.69) is 27.0 Å². The third kappa shape index (κ3) is 5.33. The molecule has 7 heteroatoms. The summed E-state index contributed by atoms with van der Waals surface area (Å²) in [7, 11) is 1.61. The topological polar surface area (TPSA) is 77.7 Å².